The summed E-state index contributed by atoms with van der Waals surface area (Å²) in [5.41, 5.74) is 12.0. The molecule has 7 heteroatoms. The highest BCUT2D eigenvalue weighted by Gasteiger charge is 2.20. The first kappa shape index (κ1) is 24.2. The van der Waals surface area contributed by atoms with Gasteiger partial charge in [-0.15, -0.1) is 24.8 Å². The molecule has 0 fully saturated rings. The molecule has 0 saturated heterocycles. The molecule has 0 unspecified atom stereocenters. The zero-order valence-corrected chi connectivity index (χ0v) is 17.1. The molecule has 1 amide bonds. The number of amides is 1. The van der Waals surface area contributed by atoms with Crippen LogP contribution in [0.2, 0.25) is 0 Å². The third-order valence-electron chi connectivity index (χ3n) is 3.94. The van der Waals surface area contributed by atoms with Gasteiger partial charge in [-0.2, -0.15) is 0 Å². The topological polar surface area (TPSA) is 88.2 Å². The van der Waals surface area contributed by atoms with E-state index in [1.807, 2.05) is 38.1 Å². The molecule has 2 aromatic rings. The van der Waals surface area contributed by atoms with Crippen molar-refractivity contribution in [1.82, 2.24) is 4.98 Å². The molecule has 0 aliphatic carbocycles. The number of benzene rings is 1. The minimum atomic E-state index is -1.10. The number of hydrogen-bond acceptors (Lipinski definition) is 3. The van der Waals surface area contributed by atoms with Crippen LogP contribution in [-0.4, -0.2) is 16.2 Å². The van der Waals surface area contributed by atoms with Crippen molar-refractivity contribution in [1.29, 1.82) is 0 Å². The van der Waals surface area contributed by atoms with Crippen LogP contribution in [0.1, 0.15) is 36.4 Å². The molecule has 1 aromatic heterocycles. The van der Waals surface area contributed by atoms with Crippen LogP contribution in [0.5, 0.6) is 0 Å². The number of aromatic nitrogens is 1. The fourth-order valence-electron chi connectivity index (χ4n) is 2.88. The zero-order chi connectivity index (χ0) is 17.9. The summed E-state index contributed by atoms with van der Waals surface area (Å²) >= 11 is 0. The molecule has 0 spiro atoms. The first-order chi connectivity index (χ1) is 11.3. The highest BCUT2D eigenvalue weighted by molar-refractivity contribution is 5.93. The van der Waals surface area contributed by atoms with Crippen molar-refractivity contribution in [3.05, 3.63) is 46.8 Å². The van der Waals surface area contributed by atoms with Crippen molar-refractivity contribution >= 4 is 36.6 Å². The third kappa shape index (κ3) is 5.59. The van der Waals surface area contributed by atoms with E-state index in [0.717, 1.165) is 34.4 Å². The van der Waals surface area contributed by atoms with Crippen LogP contribution >= 0.6 is 24.8 Å². The number of rotatable bonds is 5. The van der Waals surface area contributed by atoms with Crippen molar-refractivity contribution in [2.45, 2.75) is 40.7 Å². The molecule has 0 saturated carbocycles. The van der Waals surface area contributed by atoms with Crippen molar-refractivity contribution in [3.8, 4) is 11.1 Å². The lowest BCUT2D eigenvalue weighted by molar-refractivity contribution is 0.209. The lowest BCUT2D eigenvalue weighted by Gasteiger charge is -2.20. The Kier molecular flexibility index (Phi) is 9.63. The number of nitrogens with one attached hydrogen (secondary N) is 1. The minimum Gasteiger partial charge on any atom is -0.465 e. The quantitative estimate of drug-likeness (QED) is 0.662. The van der Waals surface area contributed by atoms with E-state index in [9.17, 15) is 9.90 Å². The van der Waals surface area contributed by atoms with E-state index >= 15 is 0 Å². The van der Waals surface area contributed by atoms with Crippen molar-refractivity contribution in [2.75, 3.05) is 5.32 Å². The van der Waals surface area contributed by atoms with E-state index in [2.05, 4.69) is 24.1 Å². The second-order valence-corrected chi connectivity index (χ2v) is 6.47. The third-order valence-corrected chi connectivity index (χ3v) is 3.94. The highest BCUT2D eigenvalue weighted by atomic mass is 35.5. The standard InChI is InChI=1S/C19H25N3O2.2ClH/c1-11(2)9-16-15(10-20)17(14-7-5-12(3)6-8-14)18(13(4)21-16)22-19(23)24;;/h5-8,11,22H,9-10,20H2,1-4H3,(H,23,24);2*1H. The maximum atomic E-state index is 11.3. The minimum absolute atomic E-state index is 0. The molecule has 2 rings (SSSR count). The molecule has 1 aromatic carbocycles. The summed E-state index contributed by atoms with van der Waals surface area (Å²) in [6.07, 6.45) is -0.299. The number of halogens is 2. The van der Waals surface area contributed by atoms with Gasteiger partial charge in [0.05, 0.1) is 11.4 Å². The Labute approximate surface area is 167 Å². The molecular formula is C19H27Cl2N3O2. The second kappa shape index (κ2) is 10.4. The summed E-state index contributed by atoms with van der Waals surface area (Å²) in [6, 6.07) is 8.01. The average molecular weight is 400 g/mol. The first-order valence-electron chi connectivity index (χ1n) is 8.12. The SMILES string of the molecule is Cc1ccc(-c2c(CN)c(CC(C)C)nc(C)c2NC(=O)O)cc1.Cl.Cl. The monoisotopic (exact) mass is 399 g/mol. The van der Waals surface area contributed by atoms with Crippen LogP contribution in [0, 0.1) is 19.8 Å². The number of anilines is 1. The molecule has 0 bridgehead atoms. The maximum Gasteiger partial charge on any atom is 0.409 e. The van der Waals surface area contributed by atoms with Gasteiger partial charge >= 0.3 is 6.09 Å². The average Bonchev–Trinajstić information content (AvgIpc) is 2.49. The summed E-state index contributed by atoms with van der Waals surface area (Å²) in [5, 5.41) is 11.7. The van der Waals surface area contributed by atoms with Crippen LogP contribution in [0.3, 0.4) is 0 Å². The molecular weight excluding hydrogens is 373 g/mol. The smallest absolute Gasteiger partial charge is 0.409 e. The Hall–Kier alpha value is -1.82. The Morgan fingerprint density at radius 2 is 1.77 bits per heavy atom. The number of aryl methyl sites for hydroxylation is 2. The number of nitrogens with zero attached hydrogens (tertiary/aromatic N) is 1. The Balaban J connectivity index is 0.00000312. The molecule has 26 heavy (non-hydrogen) atoms. The van der Waals surface area contributed by atoms with Crippen LogP contribution < -0.4 is 11.1 Å². The summed E-state index contributed by atoms with van der Waals surface area (Å²) in [5.74, 6) is 0.436. The summed E-state index contributed by atoms with van der Waals surface area (Å²) in [4.78, 5) is 15.9. The van der Waals surface area contributed by atoms with Gasteiger partial charge in [-0.3, -0.25) is 10.3 Å². The van der Waals surface area contributed by atoms with Gasteiger partial charge in [0.25, 0.3) is 0 Å². The van der Waals surface area contributed by atoms with Crippen molar-refractivity contribution < 1.29 is 9.90 Å². The highest BCUT2D eigenvalue weighted by Crippen LogP contribution is 2.36. The van der Waals surface area contributed by atoms with E-state index in [0.29, 0.717) is 23.8 Å². The van der Waals surface area contributed by atoms with Gasteiger partial charge in [-0.05, 0) is 37.3 Å². The van der Waals surface area contributed by atoms with Crippen LogP contribution in [0.15, 0.2) is 24.3 Å². The number of hydrogen-bond donors (Lipinski definition) is 3. The van der Waals surface area contributed by atoms with Crippen LogP contribution in [0.25, 0.3) is 11.1 Å². The van der Waals surface area contributed by atoms with E-state index < -0.39 is 6.09 Å². The number of carboxylic acid groups (broad SMARTS) is 1. The van der Waals surface area contributed by atoms with Gasteiger partial charge in [-0.25, -0.2) is 4.79 Å². The van der Waals surface area contributed by atoms with Gasteiger partial charge in [0.15, 0.2) is 0 Å². The number of carbonyl (C=O) groups is 1. The van der Waals surface area contributed by atoms with Crippen LogP contribution in [-0.2, 0) is 13.0 Å². The van der Waals surface area contributed by atoms with Gasteiger partial charge in [0.1, 0.15) is 0 Å². The second-order valence-electron chi connectivity index (χ2n) is 6.47. The Bertz CT molecular complexity index is 747. The molecule has 0 aliphatic heterocycles. The van der Waals surface area contributed by atoms with E-state index in [1.165, 1.54) is 0 Å². The fourth-order valence-corrected chi connectivity index (χ4v) is 2.88. The summed E-state index contributed by atoms with van der Waals surface area (Å²) in [7, 11) is 0. The fraction of sp³-hybridized carbons (Fsp3) is 0.368. The zero-order valence-electron chi connectivity index (χ0n) is 15.5. The largest absolute Gasteiger partial charge is 0.465 e. The van der Waals surface area contributed by atoms with E-state index in [4.69, 9.17) is 5.73 Å². The van der Waals surface area contributed by atoms with E-state index in [-0.39, 0.29) is 24.8 Å². The van der Waals surface area contributed by atoms with Gasteiger partial charge in [0, 0.05) is 17.8 Å². The van der Waals surface area contributed by atoms with E-state index in [1.54, 1.807) is 0 Å². The molecule has 0 atom stereocenters. The predicted octanol–water partition coefficient (Wildman–Crippen LogP) is 4.96. The number of nitrogens with two attached hydrogens (primary N) is 1. The molecule has 0 aliphatic rings. The van der Waals surface area contributed by atoms with Crippen molar-refractivity contribution in [2.24, 2.45) is 11.7 Å². The maximum absolute atomic E-state index is 11.3. The van der Waals surface area contributed by atoms with Gasteiger partial charge in [-0.1, -0.05) is 43.7 Å². The molecule has 1 heterocycles. The number of pyridine rings is 1. The molecule has 5 nitrogen and oxygen atoms in total. The Morgan fingerprint density at radius 3 is 2.23 bits per heavy atom. The normalized spacial score (nSPS) is 10.1. The predicted molar refractivity (Wildman–Crippen MR) is 112 cm³/mol. The molecule has 0 radical (unpaired) electrons. The van der Waals surface area contributed by atoms with Crippen LogP contribution in [0.4, 0.5) is 10.5 Å². The molecule has 144 valence electrons. The van der Waals surface area contributed by atoms with Crippen molar-refractivity contribution in [3.63, 3.8) is 0 Å². The Morgan fingerprint density at radius 1 is 1.19 bits per heavy atom. The first-order valence-corrected chi connectivity index (χ1v) is 8.12. The summed E-state index contributed by atoms with van der Waals surface area (Å²) in [6.45, 7) is 8.42. The summed E-state index contributed by atoms with van der Waals surface area (Å²) < 4.78 is 0. The molecule has 4 N–H and O–H groups in total. The lowest BCUT2D eigenvalue weighted by Crippen LogP contribution is -2.16. The lowest BCUT2D eigenvalue weighted by atomic mass is 9.92. The van der Waals surface area contributed by atoms with Gasteiger partial charge in [0.2, 0.25) is 0 Å². The van der Waals surface area contributed by atoms with Gasteiger partial charge < -0.3 is 10.8 Å².